The maximum absolute atomic E-state index is 12.1. The van der Waals surface area contributed by atoms with Crippen molar-refractivity contribution in [3.8, 4) is 0 Å². The molecule has 0 radical (unpaired) electrons. The van der Waals surface area contributed by atoms with Gasteiger partial charge in [0.1, 0.15) is 11.3 Å². The van der Waals surface area contributed by atoms with E-state index in [9.17, 15) is 4.39 Å². The second-order valence-electron chi connectivity index (χ2n) is 1.20. The molecule has 0 N–H and O–H groups in total. The zero-order chi connectivity index (χ0) is 6.15. The lowest BCUT2D eigenvalue weighted by atomic mass is 10.6. The van der Waals surface area contributed by atoms with E-state index in [-0.39, 0.29) is 10.1 Å². The summed E-state index contributed by atoms with van der Waals surface area (Å²) < 4.78 is 16.5. The van der Waals surface area contributed by atoms with Crippen LogP contribution in [0.15, 0.2) is 15.8 Å². The minimum Gasteiger partial charge on any atom is -0.454 e. The third kappa shape index (κ3) is 0.833. The lowest BCUT2D eigenvalue weighted by Gasteiger charge is -1.77. The molecule has 0 aliphatic rings. The van der Waals surface area contributed by atoms with Crippen LogP contribution in [0.4, 0.5) is 4.39 Å². The van der Waals surface area contributed by atoms with Crippen LogP contribution >= 0.6 is 24.2 Å². The minimum absolute atomic E-state index is 0.0617. The quantitative estimate of drug-likeness (QED) is 0.564. The van der Waals surface area contributed by atoms with E-state index in [4.69, 9.17) is 11.6 Å². The summed E-state index contributed by atoms with van der Waals surface area (Å²) >= 11 is 8.93. The number of thiol groups is 1. The van der Waals surface area contributed by atoms with Crippen LogP contribution in [0.25, 0.3) is 0 Å². The fraction of sp³-hybridized carbons (Fsp3) is 0. The minimum atomic E-state index is -0.573. The summed E-state index contributed by atoms with van der Waals surface area (Å²) in [5.41, 5.74) is 0. The smallest absolute Gasteiger partial charge is 0.181 e. The first-order valence-electron chi connectivity index (χ1n) is 1.83. The van der Waals surface area contributed by atoms with Crippen LogP contribution in [0, 0.1) is 5.82 Å². The Kier molecular flexibility index (Phi) is 1.49. The zero-order valence-electron chi connectivity index (χ0n) is 3.69. The van der Waals surface area contributed by atoms with Crippen LogP contribution in [-0.2, 0) is 0 Å². The van der Waals surface area contributed by atoms with Gasteiger partial charge in [0.05, 0.1) is 0 Å². The molecule has 1 nitrogen and oxygen atoms in total. The molecule has 0 atom stereocenters. The largest absolute Gasteiger partial charge is 0.454 e. The van der Waals surface area contributed by atoms with Gasteiger partial charge in [-0.2, -0.15) is 0 Å². The Morgan fingerprint density at radius 1 is 1.75 bits per heavy atom. The molecule has 1 heterocycles. The van der Waals surface area contributed by atoms with Gasteiger partial charge in [-0.25, -0.2) is 4.39 Å². The molecule has 1 aromatic rings. The number of hydrogen-bond acceptors (Lipinski definition) is 2. The summed E-state index contributed by atoms with van der Waals surface area (Å²) in [6.45, 7) is 0. The van der Waals surface area contributed by atoms with Crippen molar-refractivity contribution < 1.29 is 8.81 Å². The van der Waals surface area contributed by atoms with Crippen LogP contribution < -0.4 is 0 Å². The molecule has 0 fully saturated rings. The van der Waals surface area contributed by atoms with E-state index in [1.807, 2.05) is 0 Å². The Morgan fingerprint density at radius 2 is 2.38 bits per heavy atom. The van der Waals surface area contributed by atoms with Gasteiger partial charge in [0.25, 0.3) is 0 Å². The first-order chi connectivity index (χ1) is 3.72. The van der Waals surface area contributed by atoms with E-state index in [2.05, 4.69) is 17.0 Å². The summed E-state index contributed by atoms with van der Waals surface area (Å²) in [7, 11) is 0. The third-order valence-corrected chi connectivity index (χ3v) is 1.48. The molecule has 44 valence electrons. The Hall–Kier alpha value is -0.150. The monoisotopic (exact) mass is 152 g/mol. The number of hydrogen-bond donors (Lipinski definition) is 1. The summed E-state index contributed by atoms with van der Waals surface area (Å²) in [6.07, 6.45) is 0.907. The van der Waals surface area contributed by atoms with E-state index in [0.29, 0.717) is 0 Å². The van der Waals surface area contributed by atoms with Crippen molar-refractivity contribution in [3.05, 3.63) is 17.1 Å². The Labute approximate surface area is 55.8 Å². The highest BCUT2D eigenvalue weighted by Crippen LogP contribution is 2.23. The molecule has 0 amide bonds. The second kappa shape index (κ2) is 1.99. The van der Waals surface area contributed by atoms with Gasteiger partial charge < -0.3 is 4.42 Å². The topological polar surface area (TPSA) is 13.1 Å². The average Bonchev–Trinajstić information content (AvgIpc) is 1.98. The number of rotatable bonds is 0. The van der Waals surface area contributed by atoms with Crippen LogP contribution in [0.3, 0.4) is 0 Å². The van der Waals surface area contributed by atoms with Crippen molar-refractivity contribution in [2.45, 2.75) is 5.09 Å². The maximum atomic E-state index is 12.1. The van der Waals surface area contributed by atoms with Gasteiger partial charge in [0.2, 0.25) is 0 Å². The van der Waals surface area contributed by atoms with Gasteiger partial charge in [-0.1, -0.05) is 11.6 Å². The van der Waals surface area contributed by atoms with Gasteiger partial charge in [0, 0.05) is 0 Å². The molecule has 0 aliphatic carbocycles. The van der Waals surface area contributed by atoms with E-state index in [1.165, 1.54) is 0 Å². The highest BCUT2D eigenvalue weighted by atomic mass is 35.5. The standard InChI is InChI=1S/C4H2ClFOS/c5-3-2(6)1-7-4(3)8/h1,8H. The molecule has 8 heavy (non-hydrogen) atoms. The zero-order valence-corrected chi connectivity index (χ0v) is 5.34. The fourth-order valence-corrected chi connectivity index (χ4v) is 0.562. The molecule has 0 aromatic carbocycles. The summed E-state index contributed by atoms with van der Waals surface area (Å²) in [5, 5.41) is 0.0532. The van der Waals surface area contributed by atoms with E-state index < -0.39 is 5.82 Å². The molecule has 0 saturated heterocycles. The predicted molar refractivity (Wildman–Crippen MR) is 30.9 cm³/mol. The van der Waals surface area contributed by atoms with Crippen molar-refractivity contribution in [2.75, 3.05) is 0 Å². The Morgan fingerprint density at radius 3 is 2.50 bits per heavy atom. The fourth-order valence-electron chi connectivity index (χ4n) is 0.313. The molecular weight excluding hydrogens is 151 g/mol. The Bertz CT molecular complexity index is 178. The predicted octanol–water partition coefficient (Wildman–Crippen LogP) is 2.36. The van der Waals surface area contributed by atoms with Crippen molar-refractivity contribution in [1.29, 1.82) is 0 Å². The summed E-state index contributed by atoms with van der Waals surface area (Å²) in [6, 6.07) is 0. The molecule has 4 heteroatoms. The molecule has 0 spiro atoms. The third-order valence-electron chi connectivity index (χ3n) is 0.671. The highest BCUT2D eigenvalue weighted by Gasteiger charge is 2.05. The van der Waals surface area contributed by atoms with Gasteiger partial charge in [-0.05, 0) is 0 Å². The normalized spacial score (nSPS) is 9.88. The lowest BCUT2D eigenvalue weighted by molar-refractivity contribution is 0.465. The molecule has 1 aromatic heterocycles. The van der Waals surface area contributed by atoms with Gasteiger partial charge >= 0.3 is 0 Å². The molecule has 0 aliphatic heterocycles. The Balaban J connectivity index is 3.19. The molecule has 0 unspecified atom stereocenters. The van der Waals surface area contributed by atoms with Gasteiger partial charge in [-0.15, -0.1) is 12.6 Å². The van der Waals surface area contributed by atoms with Crippen molar-refractivity contribution >= 4 is 24.2 Å². The average molecular weight is 153 g/mol. The number of halogens is 2. The van der Waals surface area contributed by atoms with Crippen LogP contribution in [-0.4, -0.2) is 0 Å². The first-order valence-corrected chi connectivity index (χ1v) is 2.66. The van der Waals surface area contributed by atoms with Crippen molar-refractivity contribution in [1.82, 2.24) is 0 Å². The summed E-state index contributed by atoms with van der Waals surface area (Å²) in [5.74, 6) is -0.573. The maximum Gasteiger partial charge on any atom is 0.181 e. The van der Waals surface area contributed by atoms with Crippen LogP contribution in [0.5, 0.6) is 0 Å². The van der Waals surface area contributed by atoms with Gasteiger partial charge in [0.15, 0.2) is 10.9 Å². The molecule has 0 bridgehead atoms. The van der Waals surface area contributed by atoms with E-state index in [1.54, 1.807) is 0 Å². The first kappa shape index (κ1) is 5.98. The van der Waals surface area contributed by atoms with Crippen LogP contribution in [0.1, 0.15) is 0 Å². The van der Waals surface area contributed by atoms with Crippen LogP contribution in [0.2, 0.25) is 5.02 Å². The summed E-state index contributed by atoms with van der Waals surface area (Å²) in [4.78, 5) is 0. The van der Waals surface area contributed by atoms with Crippen molar-refractivity contribution in [2.24, 2.45) is 0 Å². The van der Waals surface area contributed by atoms with Crippen molar-refractivity contribution in [3.63, 3.8) is 0 Å². The SMILES string of the molecule is Fc1coc(S)c1Cl. The molecule has 1 rings (SSSR count). The molecule has 0 saturated carbocycles. The van der Waals surface area contributed by atoms with Gasteiger partial charge in [-0.3, -0.25) is 0 Å². The number of furan rings is 1. The van der Waals surface area contributed by atoms with E-state index >= 15 is 0 Å². The highest BCUT2D eigenvalue weighted by molar-refractivity contribution is 7.80. The van der Waals surface area contributed by atoms with E-state index in [0.717, 1.165) is 6.26 Å². The second-order valence-corrected chi connectivity index (χ2v) is 1.99. The molecular formula is C4H2ClFOS. The lowest BCUT2D eigenvalue weighted by Crippen LogP contribution is -1.60.